The molecule has 1 aromatic carbocycles. The zero-order chi connectivity index (χ0) is 22.4. The molecule has 0 saturated heterocycles. The first-order valence-corrected chi connectivity index (χ1v) is 11.5. The fourth-order valence-corrected chi connectivity index (χ4v) is 4.36. The van der Waals surface area contributed by atoms with Crippen molar-refractivity contribution in [2.24, 2.45) is 21.1 Å². The molecule has 1 unspecified atom stereocenters. The largest absolute Gasteiger partial charge is 0.508 e. The monoisotopic (exact) mass is 425 g/mol. The third-order valence-electron chi connectivity index (χ3n) is 5.78. The highest BCUT2D eigenvalue weighted by Crippen LogP contribution is 2.30. The number of aromatic hydroxyl groups is 1. The summed E-state index contributed by atoms with van der Waals surface area (Å²) in [4.78, 5) is 7.75. The van der Waals surface area contributed by atoms with Crippen molar-refractivity contribution in [1.29, 1.82) is 0 Å². The summed E-state index contributed by atoms with van der Waals surface area (Å²) in [5.74, 6) is 0.685. The maximum Gasteiger partial charge on any atom is 0.115 e. The van der Waals surface area contributed by atoms with Crippen molar-refractivity contribution in [2.45, 2.75) is 74.3 Å². The first-order valence-electron chi connectivity index (χ1n) is 10.7. The maximum absolute atomic E-state index is 9.75. The lowest BCUT2D eigenvalue weighted by Crippen LogP contribution is -2.19. The number of hydrogen-bond acceptors (Lipinski definition) is 5. The summed E-state index contributed by atoms with van der Waals surface area (Å²) in [5, 5.41) is 18.8. The SMILES string of the molecule is CCC(C)/C(C)=N\N=C(/C)[C@H](CC)N=C(c1ccc(O)cc1)c1c(C)sc(C)c1C. The summed E-state index contributed by atoms with van der Waals surface area (Å²) in [6.07, 6.45) is 1.90. The van der Waals surface area contributed by atoms with Gasteiger partial charge in [-0.1, -0.05) is 20.8 Å². The van der Waals surface area contributed by atoms with Crippen molar-refractivity contribution >= 4 is 28.5 Å². The molecule has 30 heavy (non-hydrogen) atoms. The normalized spacial score (nSPS) is 15.4. The zero-order valence-corrected chi connectivity index (χ0v) is 20.4. The summed E-state index contributed by atoms with van der Waals surface area (Å²) in [6, 6.07) is 7.25. The van der Waals surface area contributed by atoms with Crippen molar-refractivity contribution in [3.05, 3.63) is 50.7 Å². The van der Waals surface area contributed by atoms with Gasteiger partial charge < -0.3 is 5.11 Å². The molecule has 0 aliphatic rings. The second-order valence-electron chi connectivity index (χ2n) is 7.96. The van der Waals surface area contributed by atoms with Crippen LogP contribution in [0.3, 0.4) is 0 Å². The van der Waals surface area contributed by atoms with Crippen LogP contribution in [-0.4, -0.2) is 28.3 Å². The van der Waals surface area contributed by atoms with Crippen LogP contribution in [0.25, 0.3) is 0 Å². The molecule has 0 aliphatic carbocycles. The molecular formula is C25H35N3OS. The number of phenols is 1. The van der Waals surface area contributed by atoms with E-state index in [0.29, 0.717) is 5.92 Å². The molecule has 0 spiro atoms. The van der Waals surface area contributed by atoms with Gasteiger partial charge in [-0.3, -0.25) is 4.99 Å². The van der Waals surface area contributed by atoms with Crippen LogP contribution in [0.2, 0.25) is 0 Å². The van der Waals surface area contributed by atoms with Crippen LogP contribution in [0.5, 0.6) is 5.75 Å². The Morgan fingerprint density at radius 3 is 2.03 bits per heavy atom. The molecule has 2 atom stereocenters. The van der Waals surface area contributed by atoms with Gasteiger partial charge >= 0.3 is 0 Å². The fraction of sp³-hybridized carbons (Fsp3) is 0.480. The molecular weight excluding hydrogens is 390 g/mol. The van der Waals surface area contributed by atoms with Crippen LogP contribution in [0, 0.1) is 26.7 Å². The number of hydrogen-bond donors (Lipinski definition) is 1. The van der Waals surface area contributed by atoms with Gasteiger partial charge in [-0.05, 0) is 83.2 Å². The lowest BCUT2D eigenvalue weighted by molar-refractivity contribution is 0.475. The maximum atomic E-state index is 9.75. The van der Waals surface area contributed by atoms with Gasteiger partial charge in [-0.15, -0.1) is 11.3 Å². The van der Waals surface area contributed by atoms with Crippen molar-refractivity contribution < 1.29 is 5.11 Å². The minimum absolute atomic E-state index is 0.0544. The average Bonchev–Trinajstić information content (AvgIpc) is 2.98. The summed E-state index contributed by atoms with van der Waals surface area (Å²) in [5.41, 5.74) is 6.38. The molecule has 5 heteroatoms. The highest BCUT2D eigenvalue weighted by molar-refractivity contribution is 7.12. The molecule has 1 aromatic heterocycles. The minimum Gasteiger partial charge on any atom is -0.508 e. The van der Waals surface area contributed by atoms with Gasteiger partial charge in [-0.2, -0.15) is 10.2 Å². The summed E-state index contributed by atoms with van der Waals surface area (Å²) >= 11 is 1.80. The van der Waals surface area contributed by atoms with Gasteiger partial charge in [0.2, 0.25) is 0 Å². The van der Waals surface area contributed by atoms with Crippen LogP contribution >= 0.6 is 11.3 Å². The minimum atomic E-state index is -0.0544. The van der Waals surface area contributed by atoms with E-state index in [1.54, 1.807) is 23.5 Å². The van der Waals surface area contributed by atoms with Gasteiger partial charge in [0.1, 0.15) is 5.75 Å². The Morgan fingerprint density at radius 1 is 0.933 bits per heavy atom. The lowest BCUT2D eigenvalue weighted by Gasteiger charge is -2.15. The van der Waals surface area contributed by atoms with Crippen molar-refractivity contribution in [3.8, 4) is 5.75 Å². The van der Waals surface area contributed by atoms with E-state index in [4.69, 9.17) is 4.99 Å². The van der Waals surface area contributed by atoms with Crippen LogP contribution < -0.4 is 0 Å². The van der Waals surface area contributed by atoms with Crippen molar-refractivity contribution in [2.75, 3.05) is 0 Å². The fourth-order valence-electron chi connectivity index (χ4n) is 3.30. The number of aliphatic imine (C=N–C) groups is 1. The molecule has 4 nitrogen and oxygen atoms in total. The molecule has 0 bridgehead atoms. The Kier molecular flexibility index (Phi) is 8.54. The number of aryl methyl sites for hydroxylation is 2. The number of nitrogens with zero attached hydrogens (tertiary/aromatic N) is 3. The van der Waals surface area contributed by atoms with Crippen LogP contribution in [0.15, 0.2) is 39.5 Å². The van der Waals surface area contributed by atoms with Gasteiger partial charge in [-0.25, -0.2) is 0 Å². The third kappa shape index (κ3) is 5.66. The smallest absolute Gasteiger partial charge is 0.115 e. The van der Waals surface area contributed by atoms with E-state index in [-0.39, 0.29) is 11.8 Å². The van der Waals surface area contributed by atoms with Crippen molar-refractivity contribution in [3.63, 3.8) is 0 Å². The molecule has 0 amide bonds. The highest BCUT2D eigenvalue weighted by Gasteiger charge is 2.19. The standard InChI is InChI=1S/C25H35N3OS/c1-9-15(3)17(5)27-28-18(6)23(10-2)26-25(21-11-13-22(29)14-12-21)24-16(4)19(7)30-20(24)8/h11-15,23,29H,9-10H2,1-8H3/b26-25?,27-17-,28-18+/t15?,23-/m0/s1. The van der Waals surface area contributed by atoms with E-state index in [9.17, 15) is 5.11 Å². The Hall–Kier alpha value is -2.27. The molecule has 2 rings (SSSR count). The van der Waals surface area contributed by atoms with E-state index < -0.39 is 0 Å². The number of rotatable bonds is 8. The van der Waals surface area contributed by atoms with Gasteiger partial charge in [0, 0.05) is 26.6 Å². The highest BCUT2D eigenvalue weighted by atomic mass is 32.1. The predicted molar refractivity (Wildman–Crippen MR) is 132 cm³/mol. The molecule has 1 heterocycles. The average molecular weight is 426 g/mol. The zero-order valence-electron chi connectivity index (χ0n) is 19.6. The molecule has 2 aromatic rings. The van der Waals surface area contributed by atoms with Crippen molar-refractivity contribution in [1.82, 2.24) is 0 Å². The van der Waals surface area contributed by atoms with E-state index in [2.05, 4.69) is 51.7 Å². The van der Waals surface area contributed by atoms with E-state index >= 15 is 0 Å². The summed E-state index contributed by atoms with van der Waals surface area (Å²) in [6.45, 7) is 17.0. The molecule has 0 radical (unpaired) electrons. The Balaban J connectivity index is 2.57. The number of thiophene rings is 1. The third-order valence-corrected chi connectivity index (χ3v) is 6.91. The summed E-state index contributed by atoms with van der Waals surface area (Å²) < 4.78 is 0. The van der Waals surface area contributed by atoms with Crippen LogP contribution in [0.4, 0.5) is 0 Å². The number of phenolic OH excluding ortho intramolecular Hbond substituents is 1. The first kappa shape index (κ1) is 24.0. The second kappa shape index (κ2) is 10.7. The molecule has 162 valence electrons. The van der Waals surface area contributed by atoms with E-state index in [0.717, 1.165) is 35.5 Å². The Labute approximate surface area is 185 Å². The molecule has 0 aliphatic heterocycles. The second-order valence-corrected chi connectivity index (χ2v) is 9.38. The Bertz CT molecular complexity index is 952. The molecule has 0 fully saturated rings. The first-order chi connectivity index (χ1) is 14.2. The lowest BCUT2D eigenvalue weighted by atomic mass is 9.97. The van der Waals surface area contributed by atoms with Gasteiger partial charge in [0.25, 0.3) is 0 Å². The Morgan fingerprint density at radius 2 is 1.53 bits per heavy atom. The quantitative estimate of drug-likeness (QED) is 0.364. The van der Waals surface area contributed by atoms with Crippen LogP contribution in [0.1, 0.15) is 73.9 Å². The van der Waals surface area contributed by atoms with E-state index in [1.165, 1.54) is 20.9 Å². The predicted octanol–water partition coefficient (Wildman–Crippen LogP) is 6.88. The van der Waals surface area contributed by atoms with Crippen LogP contribution in [-0.2, 0) is 0 Å². The van der Waals surface area contributed by atoms with Gasteiger partial charge in [0.05, 0.1) is 17.5 Å². The number of benzene rings is 1. The van der Waals surface area contributed by atoms with Gasteiger partial charge in [0.15, 0.2) is 0 Å². The topological polar surface area (TPSA) is 57.3 Å². The summed E-state index contributed by atoms with van der Waals surface area (Å²) in [7, 11) is 0. The van der Waals surface area contributed by atoms with E-state index in [1.807, 2.05) is 26.0 Å². The molecule has 1 N–H and O–H groups in total. The molecule has 0 saturated carbocycles.